The Morgan fingerprint density at radius 1 is 1.00 bits per heavy atom. The first-order chi connectivity index (χ1) is 10.9. The predicted octanol–water partition coefficient (Wildman–Crippen LogP) is 3.39. The van der Waals surface area contributed by atoms with Crippen molar-refractivity contribution in [3.05, 3.63) is 23.3 Å². The summed E-state index contributed by atoms with van der Waals surface area (Å²) >= 11 is 0. The van der Waals surface area contributed by atoms with Crippen LogP contribution < -0.4 is 14.2 Å². The number of ether oxygens (including phenoxy) is 3. The van der Waals surface area contributed by atoms with E-state index in [0.717, 1.165) is 5.56 Å². The number of hydrogen-bond donors (Lipinski definition) is 2. The first-order valence-corrected chi connectivity index (χ1v) is 7.09. The SMILES string of the molecule is COc1cc2c(OC)c(O)c(C(=O)O)cc2c(C(C)C)c1OC. The molecule has 0 atom stereocenters. The van der Waals surface area contributed by atoms with Crippen LogP contribution in [0.5, 0.6) is 23.0 Å². The molecule has 0 radical (unpaired) electrons. The number of rotatable bonds is 5. The van der Waals surface area contributed by atoms with E-state index in [1.807, 2.05) is 13.8 Å². The van der Waals surface area contributed by atoms with Gasteiger partial charge in [0, 0.05) is 10.9 Å². The molecular formula is C17H20O6. The summed E-state index contributed by atoms with van der Waals surface area (Å²) < 4.78 is 16.1. The first-order valence-electron chi connectivity index (χ1n) is 7.09. The lowest BCUT2D eigenvalue weighted by Gasteiger charge is -2.20. The molecule has 0 aromatic heterocycles. The fourth-order valence-corrected chi connectivity index (χ4v) is 2.79. The third-order valence-electron chi connectivity index (χ3n) is 3.76. The minimum Gasteiger partial charge on any atom is -0.504 e. The van der Waals surface area contributed by atoms with Crippen LogP contribution in [0.15, 0.2) is 12.1 Å². The van der Waals surface area contributed by atoms with E-state index in [1.54, 1.807) is 6.07 Å². The van der Waals surface area contributed by atoms with Gasteiger partial charge in [-0.05, 0) is 23.4 Å². The summed E-state index contributed by atoms with van der Waals surface area (Å²) in [6.07, 6.45) is 0. The van der Waals surface area contributed by atoms with Gasteiger partial charge in [-0.15, -0.1) is 0 Å². The van der Waals surface area contributed by atoms with Crippen LogP contribution in [-0.4, -0.2) is 37.5 Å². The number of hydrogen-bond acceptors (Lipinski definition) is 5. The number of carboxylic acids is 1. The molecule has 2 rings (SSSR count). The Morgan fingerprint density at radius 2 is 1.61 bits per heavy atom. The zero-order chi connectivity index (χ0) is 17.3. The van der Waals surface area contributed by atoms with Gasteiger partial charge >= 0.3 is 5.97 Å². The highest BCUT2D eigenvalue weighted by molar-refractivity contribution is 6.04. The molecule has 0 saturated carbocycles. The van der Waals surface area contributed by atoms with Crippen LogP contribution in [0.2, 0.25) is 0 Å². The maximum Gasteiger partial charge on any atom is 0.339 e. The van der Waals surface area contributed by atoms with Crippen molar-refractivity contribution in [1.82, 2.24) is 0 Å². The summed E-state index contributed by atoms with van der Waals surface area (Å²) in [5.74, 6) is -0.466. The van der Waals surface area contributed by atoms with Crippen LogP contribution in [-0.2, 0) is 0 Å². The van der Waals surface area contributed by atoms with Crippen LogP contribution in [0.25, 0.3) is 10.8 Å². The Labute approximate surface area is 134 Å². The van der Waals surface area contributed by atoms with Gasteiger partial charge in [-0.3, -0.25) is 0 Å². The second kappa shape index (κ2) is 6.24. The van der Waals surface area contributed by atoms with Crippen LogP contribution in [0.3, 0.4) is 0 Å². The van der Waals surface area contributed by atoms with Crippen molar-refractivity contribution in [3.63, 3.8) is 0 Å². The topological polar surface area (TPSA) is 85.2 Å². The Morgan fingerprint density at radius 3 is 2.04 bits per heavy atom. The second-order valence-electron chi connectivity index (χ2n) is 5.39. The molecule has 2 aromatic carbocycles. The predicted molar refractivity (Wildman–Crippen MR) is 86.3 cm³/mol. The molecule has 6 heteroatoms. The Balaban J connectivity index is 3.07. The minimum absolute atomic E-state index is 0.0402. The van der Waals surface area contributed by atoms with E-state index in [-0.39, 0.29) is 17.2 Å². The Bertz CT molecular complexity index is 764. The van der Waals surface area contributed by atoms with E-state index >= 15 is 0 Å². The average molecular weight is 320 g/mol. The van der Waals surface area contributed by atoms with Crippen molar-refractivity contribution in [3.8, 4) is 23.0 Å². The second-order valence-corrected chi connectivity index (χ2v) is 5.39. The Kier molecular flexibility index (Phi) is 4.54. The zero-order valence-corrected chi connectivity index (χ0v) is 13.8. The van der Waals surface area contributed by atoms with E-state index in [4.69, 9.17) is 14.2 Å². The maximum atomic E-state index is 11.4. The van der Waals surface area contributed by atoms with E-state index in [1.165, 1.54) is 27.4 Å². The highest BCUT2D eigenvalue weighted by Crippen LogP contribution is 2.47. The monoisotopic (exact) mass is 320 g/mol. The van der Waals surface area contributed by atoms with Gasteiger partial charge in [-0.2, -0.15) is 0 Å². The normalized spacial score (nSPS) is 10.9. The van der Waals surface area contributed by atoms with E-state index in [0.29, 0.717) is 22.3 Å². The van der Waals surface area contributed by atoms with Crippen LogP contribution in [0.4, 0.5) is 0 Å². The molecule has 0 unspecified atom stereocenters. The fourth-order valence-electron chi connectivity index (χ4n) is 2.79. The number of aromatic carboxylic acids is 1. The third-order valence-corrected chi connectivity index (χ3v) is 3.76. The van der Waals surface area contributed by atoms with Gasteiger partial charge < -0.3 is 24.4 Å². The lowest BCUT2D eigenvalue weighted by molar-refractivity contribution is 0.0693. The number of phenols is 1. The zero-order valence-electron chi connectivity index (χ0n) is 13.8. The molecule has 0 aliphatic heterocycles. The number of carboxylic acid groups (broad SMARTS) is 1. The molecule has 0 aliphatic rings. The van der Waals surface area contributed by atoms with Crippen molar-refractivity contribution in [2.24, 2.45) is 0 Å². The van der Waals surface area contributed by atoms with Gasteiger partial charge in [0.1, 0.15) is 5.56 Å². The molecule has 0 aliphatic carbocycles. The molecule has 0 fully saturated rings. The molecule has 2 aromatic rings. The van der Waals surface area contributed by atoms with Crippen LogP contribution in [0, 0.1) is 0 Å². The van der Waals surface area contributed by atoms with E-state index in [9.17, 15) is 15.0 Å². The van der Waals surface area contributed by atoms with Crippen molar-refractivity contribution >= 4 is 16.7 Å². The highest BCUT2D eigenvalue weighted by atomic mass is 16.5. The number of carbonyl (C=O) groups is 1. The third kappa shape index (κ3) is 2.60. The van der Waals surface area contributed by atoms with Gasteiger partial charge in [0.05, 0.1) is 21.3 Å². The molecule has 0 spiro atoms. The van der Waals surface area contributed by atoms with Gasteiger partial charge in [-0.1, -0.05) is 13.8 Å². The number of methoxy groups -OCH3 is 3. The number of fused-ring (bicyclic) bond motifs is 1. The maximum absolute atomic E-state index is 11.4. The standard InChI is InChI=1S/C17H20O6/c1-8(2)13-9-6-11(17(19)20)14(18)15(22-4)10(9)7-12(21-3)16(13)23-5/h6-8,18H,1-5H3,(H,19,20). The molecule has 0 heterocycles. The fraction of sp³-hybridized carbons (Fsp3) is 0.353. The summed E-state index contributed by atoms with van der Waals surface area (Å²) in [4.78, 5) is 11.4. The van der Waals surface area contributed by atoms with Gasteiger partial charge in [-0.25, -0.2) is 4.79 Å². The van der Waals surface area contributed by atoms with Gasteiger partial charge in [0.2, 0.25) is 0 Å². The van der Waals surface area contributed by atoms with E-state index < -0.39 is 11.7 Å². The number of aromatic hydroxyl groups is 1. The smallest absolute Gasteiger partial charge is 0.339 e. The van der Waals surface area contributed by atoms with Crippen LogP contribution in [0.1, 0.15) is 35.7 Å². The lowest BCUT2D eigenvalue weighted by Crippen LogP contribution is -2.03. The minimum atomic E-state index is -1.23. The van der Waals surface area contributed by atoms with Crippen LogP contribution >= 0.6 is 0 Å². The van der Waals surface area contributed by atoms with Gasteiger partial charge in [0.15, 0.2) is 23.0 Å². The molecule has 23 heavy (non-hydrogen) atoms. The average Bonchev–Trinajstić information content (AvgIpc) is 2.51. The van der Waals surface area contributed by atoms with Gasteiger partial charge in [0.25, 0.3) is 0 Å². The molecule has 0 saturated heterocycles. The summed E-state index contributed by atoms with van der Waals surface area (Å²) in [6, 6.07) is 3.11. The molecule has 2 N–H and O–H groups in total. The summed E-state index contributed by atoms with van der Waals surface area (Å²) in [5, 5.41) is 20.7. The lowest BCUT2D eigenvalue weighted by atomic mass is 9.92. The number of benzene rings is 2. The highest BCUT2D eigenvalue weighted by Gasteiger charge is 2.24. The van der Waals surface area contributed by atoms with E-state index in [2.05, 4.69) is 0 Å². The molecule has 124 valence electrons. The quantitative estimate of drug-likeness (QED) is 0.878. The van der Waals surface area contributed by atoms with Crippen molar-refractivity contribution in [2.75, 3.05) is 21.3 Å². The first kappa shape index (κ1) is 16.7. The summed E-state index contributed by atoms with van der Waals surface area (Å²) in [5.41, 5.74) is 0.575. The molecule has 6 nitrogen and oxygen atoms in total. The summed E-state index contributed by atoms with van der Waals surface area (Å²) in [6.45, 7) is 3.94. The summed E-state index contributed by atoms with van der Waals surface area (Å²) in [7, 11) is 4.43. The Hall–Kier alpha value is -2.63. The van der Waals surface area contributed by atoms with Crippen molar-refractivity contribution < 1.29 is 29.2 Å². The molecular weight excluding hydrogens is 300 g/mol. The van der Waals surface area contributed by atoms with Crippen molar-refractivity contribution in [1.29, 1.82) is 0 Å². The molecule has 0 amide bonds. The van der Waals surface area contributed by atoms with Crippen molar-refractivity contribution in [2.45, 2.75) is 19.8 Å². The largest absolute Gasteiger partial charge is 0.504 e. The molecule has 0 bridgehead atoms.